The zero-order valence-corrected chi connectivity index (χ0v) is 18.3. The molecule has 8 nitrogen and oxygen atoms in total. The molecule has 33 heavy (non-hydrogen) atoms. The summed E-state index contributed by atoms with van der Waals surface area (Å²) in [5.41, 5.74) is 3.21. The van der Waals surface area contributed by atoms with Gasteiger partial charge in [-0.1, -0.05) is 12.0 Å². The van der Waals surface area contributed by atoms with E-state index in [0.29, 0.717) is 36.9 Å². The van der Waals surface area contributed by atoms with Gasteiger partial charge in [0, 0.05) is 47.9 Å². The van der Waals surface area contributed by atoms with Gasteiger partial charge in [0.25, 0.3) is 0 Å². The standard InChI is InChI=1S/C25H22N6O2/c1-26-25-21-14-28-24-11-20(21)16(12-29-25)6-7-22-17(10-19(32-2)13-27-22)15-33-9-8-18-4-3-5-23(30-18)31-24/h3-5,10-14H,8-9,15H2,1-2H3,(H,26,29)(H,28,30,31). The van der Waals surface area contributed by atoms with Gasteiger partial charge in [-0.2, -0.15) is 0 Å². The number of pyridine rings is 4. The van der Waals surface area contributed by atoms with Crippen LogP contribution in [0.3, 0.4) is 0 Å². The van der Waals surface area contributed by atoms with Crippen LogP contribution in [-0.4, -0.2) is 40.7 Å². The molecule has 0 atom stereocenters. The number of nitrogens with zero attached hydrogens (tertiary/aromatic N) is 4. The van der Waals surface area contributed by atoms with Gasteiger partial charge in [0.15, 0.2) is 0 Å². The van der Waals surface area contributed by atoms with E-state index in [0.717, 1.165) is 39.2 Å². The number of methoxy groups -OCH3 is 1. The number of aromatic nitrogens is 4. The lowest BCUT2D eigenvalue weighted by Crippen LogP contribution is -2.05. The Morgan fingerprint density at radius 2 is 1.97 bits per heavy atom. The fourth-order valence-corrected chi connectivity index (χ4v) is 3.63. The quantitative estimate of drug-likeness (QED) is 0.458. The van der Waals surface area contributed by atoms with Crippen molar-refractivity contribution in [3.63, 3.8) is 0 Å². The van der Waals surface area contributed by atoms with Crippen molar-refractivity contribution in [1.82, 2.24) is 19.9 Å². The predicted octanol–water partition coefficient (Wildman–Crippen LogP) is 3.69. The molecule has 0 aliphatic carbocycles. The highest BCUT2D eigenvalue weighted by Crippen LogP contribution is 2.27. The molecule has 0 spiro atoms. The Bertz CT molecular complexity index is 1390. The zero-order chi connectivity index (χ0) is 22.6. The molecule has 8 heteroatoms. The molecule has 2 N–H and O–H groups in total. The first-order valence-corrected chi connectivity index (χ1v) is 10.6. The lowest BCUT2D eigenvalue weighted by molar-refractivity contribution is 0.122. The third kappa shape index (κ3) is 4.40. The zero-order valence-electron chi connectivity index (χ0n) is 18.3. The lowest BCUT2D eigenvalue weighted by Gasteiger charge is -2.11. The van der Waals surface area contributed by atoms with Crippen molar-refractivity contribution in [2.24, 2.45) is 0 Å². The molecule has 4 aromatic rings. The molecule has 164 valence electrons. The number of hydrogen-bond donors (Lipinski definition) is 2. The van der Waals surface area contributed by atoms with Crippen LogP contribution in [0, 0.1) is 11.8 Å². The molecule has 0 saturated heterocycles. The van der Waals surface area contributed by atoms with E-state index in [2.05, 4.69) is 37.4 Å². The van der Waals surface area contributed by atoms with E-state index < -0.39 is 0 Å². The molecule has 0 unspecified atom stereocenters. The van der Waals surface area contributed by atoms with Gasteiger partial charge in [0.1, 0.15) is 28.9 Å². The van der Waals surface area contributed by atoms with Crippen LogP contribution in [0.2, 0.25) is 0 Å². The first-order valence-electron chi connectivity index (χ1n) is 10.6. The maximum absolute atomic E-state index is 5.93. The summed E-state index contributed by atoms with van der Waals surface area (Å²) in [6, 6.07) is 9.75. The third-order valence-electron chi connectivity index (χ3n) is 5.32. The Hall–Kier alpha value is -4.22. The molecule has 5 heterocycles. The Kier molecular flexibility index (Phi) is 5.70. The van der Waals surface area contributed by atoms with Gasteiger partial charge in [-0.3, -0.25) is 0 Å². The summed E-state index contributed by atoms with van der Waals surface area (Å²) in [7, 11) is 3.45. The van der Waals surface area contributed by atoms with Gasteiger partial charge in [-0.25, -0.2) is 19.9 Å². The molecule has 1 aliphatic rings. The topological polar surface area (TPSA) is 94.1 Å². The summed E-state index contributed by atoms with van der Waals surface area (Å²) in [6.45, 7) is 0.891. The number of nitrogens with one attached hydrogen (secondary N) is 2. The summed E-state index contributed by atoms with van der Waals surface area (Å²) in [5.74, 6) is 9.24. The van der Waals surface area contributed by atoms with E-state index in [4.69, 9.17) is 14.5 Å². The third-order valence-corrected chi connectivity index (χ3v) is 5.32. The summed E-state index contributed by atoms with van der Waals surface area (Å²) < 4.78 is 11.3. The maximum Gasteiger partial charge on any atom is 0.137 e. The summed E-state index contributed by atoms with van der Waals surface area (Å²) in [5, 5.41) is 8.22. The Morgan fingerprint density at radius 1 is 1.03 bits per heavy atom. The second kappa shape index (κ2) is 9.10. The van der Waals surface area contributed by atoms with E-state index >= 15 is 0 Å². The Morgan fingerprint density at radius 3 is 2.85 bits per heavy atom. The molecule has 0 amide bonds. The molecule has 5 rings (SSSR count). The predicted molar refractivity (Wildman–Crippen MR) is 127 cm³/mol. The van der Waals surface area contributed by atoms with Gasteiger partial charge >= 0.3 is 0 Å². The van der Waals surface area contributed by atoms with Crippen LogP contribution in [0.25, 0.3) is 10.8 Å². The van der Waals surface area contributed by atoms with Crippen LogP contribution in [0.5, 0.6) is 5.75 Å². The molecular formula is C25H22N6O2. The lowest BCUT2D eigenvalue weighted by atomic mass is 10.1. The SMILES string of the molecule is CNc1ncc2c3cc(ncc13)Nc1cccc(n1)CCOCc1cc(OC)cnc1C#C2. The van der Waals surface area contributed by atoms with Gasteiger partial charge in [0.2, 0.25) is 0 Å². The number of ether oxygens (including phenoxy) is 2. The van der Waals surface area contributed by atoms with Crippen molar-refractivity contribution in [3.05, 3.63) is 71.4 Å². The highest BCUT2D eigenvalue weighted by Gasteiger charge is 2.10. The minimum atomic E-state index is 0.373. The van der Waals surface area contributed by atoms with Gasteiger partial charge in [-0.05, 0) is 30.2 Å². The fourth-order valence-electron chi connectivity index (χ4n) is 3.63. The molecule has 4 aromatic heterocycles. The minimum absolute atomic E-state index is 0.373. The average molecular weight is 438 g/mol. The normalized spacial score (nSPS) is 12.9. The van der Waals surface area contributed by atoms with Crippen LogP contribution in [-0.2, 0) is 17.8 Å². The first kappa shape index (κ1) is 20.7. The Labute approximate surface area is 191 Å². The number of fused-ring (bicyclic) bond motifs is 4. The number of rotatable bonds is 2. The number of hydrogen-bond acceptors (Lipinski definition) is 8. The fraction of sp³-hybridized carbons (Fsp3) is 0.200. The van der Waals surface area contributed by atoms with Gasteiger partial charge in [0.05, 0.1) is 32.1 Å². The summed E-state index contributed by atoms with van der Waals surface area (Å²) in [4.78, 5) is 18.3. The molecule has 0 radical (unpaired) electrons. The highest BCUT2D eigenvalue weighted by atomic mass is 16.5. The van der Waals surface area contributed by atoms with Crippen LogP contribution >= 0.6 is 0 Å². The monoisotopic (exact) mass is 438 g/mol. The largest absolute Gasteiger partial charge is 0.495 e. The Balaban J connectivity index is 1.68. The van der Waals surface area contributed by atoms with Crippen LogP contribution < -0.4 is 15.4 Å². The van der Waals surface area contributed by atoms with Crippen molar-refractivity contribution in [3.8, 4) is 17.6 Å². The summed E-state index contributed by atoms with van der Waals surface area (Å²) in [6.07, 6.45) is 5.89. The van der Waals surface area contributed by atoms with E-state index in [1.54, 1.807) is 25.7 Å². The molecule has 4 bridgehead atoms. The van der Waals surface area contributed by atoms with Crippen molar-refractivity contribution in [2.45, 2.75) is 13.0 Å². The highest BCUT2D eigenvalue weighted by molar-refractivity contribution is 5.96. The van der Waals surface area contributed by atoms with Crippen molar-refractivity contribution in [2.75, 3.05) is 31.4 Å². The molecule has 0 aromatic carbocycles. The van der Waals surface area contributed by atoms with Crippen LogP contribution in [0.4, 0.5) is 17.5 Å². The van der Waals surface area contributed by atoms with Crippen molar-refractivity contribution in [1.29, 1.82) is 0 Å². The maximum atomic E-state index is 5.93. The molecule has 1 aliphatic heterocycles. The molecule has 0 saturated carbocycles. The minimum Gasteiger partial charge on any atom is -0.495 e. The second-order valence-corrected chi connectivity index (χ2v) is 7.46. The van der Waals surface area contributed by atoms with Crippen LogP contribution in [0.1, 0.15) is 22.5 Å². The van der Waals surface area contributed by atoms with E-state index in [-0.39, 0.29) is 0 Å². The average Bonchev–Trinajstić information content (AvgIpc) is 2.85. The smallest absolute Gasteiger partial charge is 0.137 e. The molecular weight excluding hydrogens is 416 g/mol. The van der Waals surface area contributed by atoms with Crippen molar-refractivity contribution < 1.29 is 9.47 Å². The van der Waals surface area contributed by atoms with E-state index in [1.807, 2.05) is 37.4 Å². The van der Waals surface area contributed by atoms with Gasteiger partial charge in [-0.15, -0.1) is 0 Å². The second-order valence-electron chi connectivity index (χ2n) is 7.46. The van der Waals surface area contributed by atoms with Crippen molar-refractivity contribution >= 4 is 28.2 Å². The van der Waals surface area contributed by atoms with E-state index in [9.17, 15) is 0 Å². The molecule has 0 fully saturated rings. The first-order chi connectivity index (χ1) is 16.2. The number of anilines is 3. The van der Waals surface area contributed by atoms with Gasteiger partial charge < -0.3 is 20.1 Å². The van der Waals surface area contributed by atoms with Crippen LogP contribution in [0.15, 0.2) is 48.9 Å². The van der Waals surface area contributed by atoms with E-state index in [1.165, 1.54) is 0 Å². The summed E-state index contributed by atoms with van der Waals surface area (Å²) >= 11 is 0.